The average molecular weight is 361 g/mol. The van der Waals surface area contributed by atoms with E-state index in [2.05, 4.69) is 34.8 Å². The first-order valence-electron chi connectivity index (χ1n) is 6.91. The van der Waals surface area contributed by atoms with Crippen LogP contribution in [0.15, 0.2) is 18.2 Å². The van der Waals surface area contributed by atoms with Crippen molar-refractivity contribution in [3.8, 4) is 0 Å². The molecule has 2 rings (SSSR count). The standard InChI is InChI=1S/C15H21FIN/c1-2-11-5-3-6-12(10-9-11)18-14-8-4-7-13(16)15(14)17/h4,7-8,11-12,18H,2-3,5-6,9-10H2,1H3. The van der Waals surface area contributed by atoms with E-state index in [1.165, 1.54) is 44.6 Å². The fourth-order valence-electron chi connectivity index (χ4n) is 2.77. The van der Waals surface area contributed by atoms with E-state index >= 15 is 0 Å². The summed E-state index contributed by atoms with van der Waals surface area (Å²) in [4.78, 5) is 0. The Morgan fingerprint density at radius 2 is 2.11 bits per heavy atom. The number of anilines is 1. The minimum atomic E-state index is -0.124. The summed E-state index contributed by atoms with van der Waals surface area (Å²) in [6.45, 7) is 2.29. The molecule has 0 spiro atoms. The number of halogens is 2. The van der Waals surface area contributed by atoms with Crippen LogP contribution >= 0.6 is 22.6 Å². The molecule has 0 bridgehead atoms. The van der Waals surface area contributed by atoms with Gasteiger partial charge in [-0.2, -0.15) is 0 Å². The van der Waals surface area contributed by atoms with Crippen LogP contribution in [-0.4, -0.2) is 6.04 Å². The highest BCUT2D eigenvalue weighted by Gasteiger charge is 2.18. The van der Waals surface area contributed by atoms with Crippen LogP contribution in [0.3, 0.4) is 0 Å². The summed E-state index contributed by atoms with van der Waals surface area (Å²) in [6, 6.07) is 5.79. The fourth-order valence-corrected chi connectivity index (χ4v) is 3.28. The minimum Gasteiger partial charge on any atom is -0.381 e. The van der Waals surface area contributed by atoms with Crippen molar-refractivity contribution in [2.75, 3.05) is 5.32 Å². The van der Waals surface area contributed by atoms with E-state index in [-0.39, 0.29) is 5.82 Å². The Morgan fingerprint density at radius 1 is 1.28 bits per heavy atom. The predicted molar refractivity (Wildman–Crippen MR) is 83.4 cm³/mol. The van der Waals surface area contributed by atoms with Crippen molar-refractivity contribution in [2.24, 2.45) is 5.92 Å². The third-order valence-corrected chi connectivity index (χ3v) is 5.07. The van der Waals surface area contributed by atoms with Crippen LogP contribution in [0.2, 0.25) is 0 Å². The second-order valence-electron chi connectivity index (χ2n) is 5.23. The number of benzene rings is 1. The highest BCUT2D eigenvalue weighted by atomic mass is 127. The predicted octanol–water partition coefficient (Wildman–Crippen LogP) is 5.20. The summed E-state index contributed by atoms with van der Waals surface area (Å²) in [6.07, 6.45) is 7.68. The first kappa shape index (κ1) is 14.1. The van der Waals surface area contributed by atoms with Crippen molar-refractivity contribution in [1.29, 1.82) is 0 Å². The van der Waals surface area contributed by atoms with Gasteiger partial charge in [-0.05, 0) is 59.9 Å². The van der Waals surface area contributed by atoms with Gasteiger partial charge in [0.15, 0.2) is 0 Å². The summed E-state index contributed by atoms with van der Waals surface area (Å²) in [7, 11) is 0. The van der Waals surface area contributed by atoms with Gasteiger partial charge in [-0.3, -0.25) is 0 Å². The normalized spacial score (nSPS) is 24.6. The van der Waals surface area contributed by atoms with Gasteiger partial charge in [0.25, 0.3) is 0 Å². The van der Waals surface area contributed by atoms with Crippen LogP contribution in [-0.2, 0) is 0 Å². The van der Waals surface area contributed by atoms with Gasteiger partial charge in [0.05, 0.1) is 9.26 Å². The first-order chi connectivity index (χ1) is 8.70. The molecule has 1 aromatic carbocycles. The van der Waals surface area contributed by atoms with Gasteiger partial charge in [-0.1, -0.05) is 32.3 Å². The molecule has 0 amide bonds. The smallest absolute Gasteiger partial charge is 0.138 e. The van der Waals surface area contributed by atoms with E-state index in [0.717, 1.165) is 11.6 Å². The molecule has 0 heterocycles. The maximum atomic E-state index is 13.5. The Morgan fingerprint density at radius 3 is 2.89 bits per heavy atom. The van der Waals surface area contributed by atoms with Gasteiger partial charge < -0.3 is 5.32 Å². The monoisotopic (exact) mass is 361 g/mol. The summed E-state index contributed by atoms with van der Waals surface area (Å²) in [5, 5.41) is 3.53. The summed E-state index contributed by atoms with van der Waals surface area (Å²) in [5.41, 5.74) is 0.954. The third-order valence-electron chi connectivity index (χ3n) is 3.98. The Bertz CT molecular complexity index is 394. The first-order valence-corrected chi connectivity index (χ1v) is 7.99. The second-order valence-corrected chi connectivity index (χ2v) is 6.30. The fraction of sp³-hybridized carbons (Fsp3) is 0.600. The molecule has 0 aromatic heterocycles. The molecule has 1 nitrogen and oxygen atoms in total. The Labute approximate surface area is 123 Å². The van der Waals surface area contributed by atoms with Crippen molar-refractivity contribution in [1.82, 2.24) is 0 Å². The molecule has 1 saturated carbocycles. The second kappa shape index (κ2) is 6.73. The van der Waals surface area contributed by atoms with Crippen molar-refractivity contribution in [2.45, 2.75) is 51.5 Å². The molecule has 100 valence electrons. The summed E-state index contributed by atoms with van der Waals surface area (Å²) in [5.74, 6) is 0.768. The van der Waals surface area contributed by atoms with E-state index in [1.54, 1.807) is 6.07 Å². The molecule has 0 saturated heterocycles. The SMILES string of the molecule is CCC1CCCC(Nc2cccc(F)c2I)CC1. The Balaban J connectivity index is 1.99. The molecule has 0 aliphatic heterocycles. The topological polar surface area (TPSA) is 12.0 Å². The van der Waals surface area contributed by atoms with Crippen LogP contribution in [0.25, 0.3) is 0 Å². The van der Waals surface area contributed by atoms with E-state index < -0.39 is 0 Å². The van der Waals surface area contributed by atoms with Crippen LogP contribution in [0, 0.1) is 15.3 Å². The van der Waals surface area contributed by atoms with Crippen LogP contribution in [0.4, 0.5) is 10.1 Å². The highest BCUT2D eigenvalue weighted by molar-refractivity contribution is 14.1. The van der Waals surface area contributed by atoms with Crippen LogP contribution < -0.4 is 5.32 Å². The largest absolute Gasteiger partial charge is 0.381 e. The van der Waals surface area contributed by atoms with E-state index in [4.69, 9.17) is 0 Å². The maximum absolute atomic E-state index is 13.5. The maximum Gasteiger partial charge on any atom is 0.138 e. The molecule has 1 aliphatic rings. The number of rotatable bonds is 3. The van der Waals surface area contributed by atoms with Gasteiger partial charge in [0, 0.05) is 6.04 Å². The van der Waals surface area contributed by atoms with Gasteiger partial charge >= 0.3 is 0 Å². The molecule has 1 aliphatic carbocycles. The molecule has 2 atom stereocenters. The lowest BCUT2D eigenvalue weighted by Gasteiger charge is -2.19. The lowest BCUT2D eigenvalue weighted by molar-refractivity contribution is 0.444. The quantitative estimate of drug-likeness (QED) is 0.576. The van der Waals surface area contributed by atoms with Crippen molar-refractivity contribution >= 4 is 28.3 Å². The molecule has 0 radical (unpaired) electrons. The average Bonchev–Trinajstić information content (AvgIpc) is 2.60. The van der Waals surface area contributed by atoms with E-state index in [0.29, 0.717) is 9.61 Å². The van der Waals surface area contributed by atoms with Gasteiger partial charge in [0.1, 0.15) is 5.82 Å². The molecule has 1 aromatic rings. The molecule has 2 unspecified atom stereocenters. The van der Waals surface area contributed by atoms with E-state index in [1.807, 2.05) is 6.07 Å². The lowest BCUT2D eigenvalue weighted by atomic mass is 9.98. The van der Waals surface area contributed by atoms with Gasteiger partial charge in [-0.25, -0.2) is 4.39 Å². The number of hydrogen-bond acceptors (Lipinski definition) is 1. The third kappa shape index (κ3) is 3.59. The van der Waals surface area contributed by atoms with Crippen molar-refractivity contribution in [3.63, 3.8) is 0 Å². The van der Waals surface area contributed by atoms with E-state index in [9.17, 15) is 4.39 Å². The van der Waals surface area contributed by atoms with Crippen LogP contribution in [0.5, 0.6) is 0 Å². The van der Waals surface area contributed by atoms with Gasteiger partial charge in [0.2, 0.25) is 0 Å². The zero-order chi connectivity index (χ0) is 13.0. The summed E-state index contributed by atoms with van der Waals surface area (Å²) >= 11 is 2.08. The van der Waals surface area contributed by atoms with Crippen molar-refractivity contribution in [3.05, 3.63) is 27.6 Å². The molecular weight excluding hydrogens is 340 g/mol. The Hall–Kier alpha value is -0.320. The minimum absolute atomic E-state index is 0.124. The van der Waals surface area contributed by atoms with Crippen molar-refractivity contribution < 1.29 is 4.39 Å². The zero-order valence-electron chi connectivity index (χ0n) is 10.9. The molecular formula is C15H21FIN. The Kier molecular flexibility index (Phi) is 5.27. The van der Waals surface area contributed by atoms with Crippen LogP contribution in [0.1, 0.15) is 45.4 Å². The summed E-state index contributed by atoms with van der Waals surface area (Å²) < 4.78 is 14.2. The number of nitrogens with one attached hydrogen (secondary N) is 1. The molecule has 1 N–H and O–H groups in total. The zero-order valence-corrected chi connectivity index (χ0v) is 13.0. The molecule has 1 fully saturated rings. The number of hydrogen-bond donors (Lipinski definition) is 1. The molecule has 18 heavy (non-hydrogen) atoms. The highest BCUT2D eigenvalue weighted by Crippen LogP contribution is 2.29. The molecule has 3 heteroatoms. The van der Waals surface area contributed by atoms with Gasteiger partial charge in [-0.15, -0.1) is 0 Å². The lowest BCUT2D eigenvalue weighted by Crippen LogP contribution is -2.19.